The van der Waals surface area contributed by atoms with Crippen LogP contribution in [0, 0.1) is 0 Å². The smallest absolute Gasteiger partial charge is 0.416 e. The van der Waals surface area contributed by atoms with Crippen LogP contribution in [-0.4, -0.2) is 114 Å². The van der Waals surface area contributed by atoms with E-state index in [0.717, 1.165) is 112 Å². The largest absolute Gasteiger partial charge is 0.492 e. The van der Waals surface area contributed by atoms with Crippen LogP contribution in [0.3, 0.4) is 0 Å². The quantitative estimate of drug-likeness (QED) is 0.140. The molecule has 2 fully saturated rings. The Balaban J connectivity index is 0.000000213. The number of carbonyl (C=O) groups is 1. The maximum atomic E-state index is 13.0. The molecule has 0 bridgehead atoms. The van der Waals surface area contributed by atoms with E-state index >= 15 is 0 Å². The normalized spacial score (nSPS) is 15.5. The molecule has 0 spiro atoms. The van der Waals surface area contributed by atoms with Crippen molar-refractivity contribution in [2.45, 2.75) is 19.0 Å². The van der Waals surface area contributed by atoms with Gasteiger partial charge < -0.3 is 30.0 Å². The molecular formula is C42H51F3N8O5. The highest BCUT2D eigenvalue weighted by Gasteiger charge is 2.31. The molecule has 58 heavy (non-hydrogen) atoms. The molecule has 0 radical (unpaired) electrons. The third-order valence-corrected chi connectivity index (χ3v) is 9.85. The first-order valence-electron chi connectivity index (χ1n) is 19.4. The summed E-state index contributed by atoms with van der Waals surface area (Å²) in [5, 5.41) is 11.1. The number of aryl methyl sites for hydroxylation is 2. The van der Waals surface area contributed by atoms with E-state index in [2.05, 4.69) is 25.3 Å². The van der Waals surface area contributed by atoms with Crippen LogP contribution in [-0.2, 0) is 29.7 Å². The van der Waals surface area contributed by atoms with Crippen LogP contribution in [0.25, 0.3) is 22.5 Å². The predicted octanol–water partition coefficient (Wildman–Crippen LogP) is 6.23. The number of benzene rings is 3. The van der Waals surface area contributed by atoms with Crippen LogP contribution >= 0.6 is 0 Å². The Morgan fingerprint density at radius 1 is 0.741 bits per heavy atom. The molecule has 0 atom stereocenters. The van der Waals surface area contributed by atoms with Crippen LogP contribution in [0.15, 0.2) is 85.2 Å². The van der Waals surface area contributed by atoms with Crippen molar-refractivity contribution >= 4 is 17.3 Å². The second kappa shape index (κ2) is 20.3. The number of carbonyl (C=O) groups excluding carboxylic acids is 1. The maximum Gasteiger partial charge on any atom is 0.416 e. The highest BCUT2D eigenvalue weighted by Crippen LogP contribution is 2.34. The molecule has 2 aliphatic heterocycles. The summed E-state index contributed by atoms with van der Waals surface area (Å²) in [6.07, 6.45) is 0.981. The van der Waals surface area contributed by atoms with Gasteiger partial charge in [0.05, 0.1) is 30.2 Å². The number of hydrogen-bond acceptors (Lipinski definition) is 10. The van der Waals surface area contributed by atoms with Crippen LogP contribution in [0.4, 0.5) is 24.5 Å². The molecule has 0 saturated carbocycles. The number of aromatic nitrogens is 4. The molecule has 2 aliphatic rings. The molecule has 5 aromatic rings. The average molecular weight is 805 g/mol. The van der Waals surface area contributed by atoms with E-state index in [-0.39, 0.29) is 5.56 Å². The average Bonchev–Trinajstić information content (AvgIpc) is 3.62. The van der Waals surface area contributed by atoms with Gasteiger partial charge in [-0.25, -0.2) is 0 Å². The topological polar surface area (TPSA) is 134 Å². The summed E-state index contributed by atoms with van der Waals surface area (Å²) in [4.78, 5) is 17.4. The fourth-order valence-electron chi connectivity index (χ4n) is 6.74. The lowest BCUT2D eigenvalue weighted by molar-refractivity contribution is -0.137. The number of hydrogen-bond donors (Lipinski definition) is 2. The third-order valence-electron chi connectivity index (χ3n) is 9.85. The van der Waals surface area contributed by atoms with E-state index in [9.17, 15) is 18.0 Å². The van der Waals surface area contributed by atoms with E-state index in [4.69, 9.17) is 24.7 Å². The monoisotopic (exact) mass is 804 g/mol. The number of nitrogens with zero attached hydrogens (tertiary/aromatic N) is 6. The van der Waals surface area contributed by atoms with Gasteiger partial charge in [0.2, 0.25) is 0 Å². The van der Waals surface area contributed by atoms with Gasteiger partial charge in [-0.15, -0.1) is 0 Å². The molecule has 7 rings (SSSR count). The van der Waals surface area contributed by atoms with E-state index in [1.165, 1.54) is 12.1 Å². The molecule has 16 heteroatoms. The zero-order chi connectivity index (χ0) is 40.9. The number of nitrogens with one attached hydrogen (secondary N) is 1. The lowest BCUT2D eigenvalue weighted by Crippen LogP contribution is -2.30. The first-order valence-corrected chi connectivity index (χ1v) is 19.4. The van der Waals surface area contributed by atoms with E-state index in [0.29, 0.717) is 36.8 Å². The van der Waals surface area contributed by atoms with Gasteiger partial charge in [0.15, 0.2) is 0 Å². The lowest BCUT2D eigenvalue weighted by Gasteiger charge is -2.20. The standard InChI is InChI=1S/C25H27F3N4O3.C17H24N4O2/c1-31-22(8-9-29-31)21-17-20(30-24(33)18-4-2-5-19(16-18)25(26,27)28)6-7-23(21)35-15-12-32-10-3-13-34-14-11-32;1-20-16(5-6-19-20)15-13-14(18)3-4-17(15)23-12-9-21-7-2-10-22-11-8-21/h2,4-9,16-17H,3,10-15H2,1H3,(H,30,33);3-6,13H,2,7-12,18H2,1H3. The maximum absolute atomic E-state index is 13.0. The van der Waals surface area contributed by atoms with Gasteiger partial charge in [-0.2, -0.15) is 23.4 Å². The Bertz CT molecular complexity index is 2070. The fraction of sp³-hybridized carbons (Fsp3) is 0.405. The van der Waals surface area contributed by atoms with Gasteiger partial charge in [-0.3, -0.25) is 24.0 Å². The molecule has 13 nitrogen and oxygen atoms in total. The van der Waals surface area contributed by atoms with Crippen LogP contribution in [0.5, 0.6) is 11.5 Å². The lowest BCUT2D eigenvalue weighted by atomic mass is 10.1. The summed E-state index contributed by atoms with van der Waals surface area (Å²) in [7, 11) is 3.71. The zero-order valence-corrected chi connectivity index (χ0v) is 32.9. The van der Waals surface area contributed by atoms with Crippen molar-refractivity contribution in [3.63, 3.8) is 0 Å². The van der Waals surface area contributed by atoms with Crippen molar-refractivity contribution < 1.29 is 36.9 Å². The highest BCUT2D eigenvalue weighted by molar-refractivity contribution is 6.04. The minimum absolute atomic E-state index is 0.0799. The Morgan fingerprint density at radius 3 is 1.86 bits per heavy atom. The number of alkyl halides is 3. The number of halogens is 3. The number of nitrogens with two attached hydrogens (primary N) is 1. The molecule has 0 aliphatic carbocycles. The summed E-state index contributed by atoms with van der Waals surface area (Å²) in [5.74, 6) is 0.828. The molecule has 3 aromatic carbocycles. The number of anilines is 2. The van der Waals surface area contributed by atoms with Gasteiger partial charge in [-0.1, -0.05) is 6.07 Å². The minimum atomic E-state index is -4.53. The first-order chi connectivity index (χ1) is 28.0. The number of rotatable bonds is 12. The van der Waals surface area contributed by atoms with E-state index < -0.39 is 17.6 Å². The van der Waals surface area contributed by atoms with Crippen molar-refractivity contribution in [1.29, 1.82) is 0 Å². The van der Waals surface area contributed by atoms with Crippen molar-refractivity contribution in [2.24, 2.45) is 14.1 Å². The van der Waals surface area contributed by atoms with E-state index in [1.807, 2.05) is 42.1 Å². The second-order valence-electron chi connectivity index (χ2n) is 14.0. The molecule has 0 unspecified atom stereocenters. The molecular weight excluding hydrogens is 754 g/mol. The third kappa shape index (κ3) is 11.8. The summed E-state index contributed by atoms with van der Waals surface area (Å²) >= 11 is 0. The number of amides is 1. The molecule has 2 aromatic heterocycles. The minimum Gasteiger partial charge on any atom is -0.492 e. The zero-order valence-electron chi connectivity index (χ0n) is 32.9. The molecule has 4 heterocycles. The van der Waals surface area contributed by atoms with Crippen LogP contribution in [0.2, 0.25) is 0 Å². The summed E-state index contributed by atoms with van der Waals surface area (Å²) in [5.41, 5.74) is 9.60. The number of nitrogen functional groups attached to an aromatic ring is 1. The Hall–Kier alpha value is -5.42. The molecule has 3 N–H and O–H groups in total. The summed E-state index contributed by atoms with van der Waals surface area (Å²) in [6.45, 7) is 9.78. The van der Waals surface area contributed by atoms with Crippen LogP contribution in [0.1, 0.15) is 28.8 Å². The van der Waals surface area contributed by atoms with Crippen LogP contribution < -0.4 is 20.5 Å². The molecule has 1 amide bonds. The summed E-state index contributed by atoms with van der Waals surface area (Å²) in [6, 6.07) is 19.0. The molecule has 310 valence electrons. The van der Waals surface area contributed by atoms with Crippen molar-refractivity contribution in [1.82, 2.24) is 29.4 Å². The van der Waals surface area contributed by atoms with Crippen molar-refractivity contribution in [3.05, 3.63) is 96.3 Å². The van der Waals surface area contributed by atoms with Crippen molar-refractivity contribution in [2.75, 3.05) is 90.0 Å². The first kappa shape index (κ1) is 42.2. The SMILES string of the molecule is Cn1nccc1-c1cc(N)ccc1OCCN1CCCOCC1.Cn1nccc1-c1cc(NC(=O)c2cccc(C(F)(F)F)c2)ccc1OCCN1CCCOCC1. The van der Waals surface area contributed by atoms with Gasteiger partial charge in [0, 0.05) is 107 Å². The predicted molar refractivity (Wildman–Crippen MR) is 216 cm³/mol. The Morgan fingerprint density at radius 2 is 1.31 bits per heavy atom. The Labute approximate surface area is 336 Å². The second-order valence-corrected chi connectivity index (χ2v) is 14.0. The van der Waals surface area contributed by atoms with Crippen molar-refractivity contribution in [3.8, 4) is 34.0 Å². The van der Waals surface area contributed by atoms with Gasteiger partial charge in [0.25, 0.3) is 5.91 Å². The van der Waals surface area contributed by atoms with Gasteiger partial charge in [0.1, 0.15) is 24.7 Å². The van der Waals surface area contributed by atoms with Gasteiger partial charge in [-0.05, 0) is 79.6 Å². The highest BCUT2D eigenvalue weighted by atomic mass is 19.4. The van der Waals surface area contributed by atoms with Gasteiger partial charge >= 0.3 is 6.18 Å². The summed E-state index contributed by atoms with van der Waals surface area (Å²) < 4.78 is 65.7. The number of ether oxygens (including phenoxy) is 4. The Kier molecular flexibility index (Phi) is 14.8. The molecule has 2 saturated heterocycles. The van der Waals surface area contributed by atoms with E-state index in [1.54, 1.807) is 42.3 Å². The fourth-order valence-corrected chi connectivity index (χ4v) is 6.74.